The molecule has 2 aromatic carbocycles. The number of hydrogen-bond acceptors (Lipinski definition) is 1. The average molecular weight is 274 g/mol. The van der Waals surface area contributed by atoms with E-state index in [-0.39, 0.29) is 6.04 Å². The highest BCUT2D eigenvalue weighted by Gasteiger charge is 2.16. The fourth-order valence-corrected chi connectivity index (χ4v) is 2.50. The molecule has 1 unspecified atom stereocenters. The van der Waals surface area contributed by atoms with Gasteiger partial charge in [0.25, 0.3) is 0 Å². The van der Waals surface area contributed by atoms with Crippen LogP contribution in [0.1, 0.15) is 35.2 Å². The van der Waals surface area contributed by atoms with Crippen LogP contribution in [0, 0.1) is 13.8 Å². The van der Waals surface area contributed by atoms with E-state index in [1.54, 1.807) is 0 Å². The number of halogens is 1. The van der Waals surface area contributed by atoms with Crippen molar-refractivity contribution in [3.8, 4) is 0 Å². The van der Waals surface area contributed by atoms with Crippen LogP contribution in [0.5, 0.6) is 0 Å². The van der Waals surface area contributed by atoms with Crippen molar-refractivity contribution in [2.45, 2.75) is 26.8 Å². The summed E-state index contributed by atoms with van der Waals surface area (Å²) in [4.78, 5) is 0. The standard InChI is InChI=1S/C17H20ClN/c1-4-19-17(14-10-8-12(2)9-11-14)15-7-5-6-13(3)16(15)18/h5-11,17,19H,4H2,1-3H3. The maximum atomic E-state index is 6.46. The number of benzene rings is 2. The van der Waals surface area contributed by atoms with Crippen LogP contribution in [0.3, 0.4) is 0 Å². The van der Waals surface area contributed by atoms with Gasteiger partial charge in [-0.15, -0.1) is 0 Å². The van der Waals surface area contributed by atoms with E-state index >= 15 is 0 Å². The van der Waals surface area contributed by atoms with Crippen LogP contribution in [-0.4, -0.2) is 6.54 Å². The molecule has 1 nitrogen and oxygen atoms in total. The van der Waals surface area contributed by atoms with Crippen LogP contribution in [0.25, 0.3) is 0 Å². The fourth-order valence-electron chi connectivity index (χ4n) is 2.26. The molecule has 0 saturated carbocycles. The van der Waals surface area contributed by atoms with E-state index < -0.39 is 0 Å². The first-order valence-corrected chi connectivity index (χ1v) is 7.06. The normalized spacial score (nSPS) is 12.4. The van der Waals surface area contributed by atoms with Crippen molar-refractivity contribution < 1.29 is 0 Å². The van der Waals surface area contributed by atoms with Gasteiger partial charge in [-0.2, -0.15) is 0 Å². The second-order valence-electron chi connectivity index (χ2n) is 4.88. The Morgan fingerprint density at radius 3 is 2.37 bits per heavy atom. The van der Waals surface area contributed by atoms with Gasteiger partial charge in [-0.05, 0) is 37.1 Å². The van der Waals surface area contributed by atoms with E-state index in [9.17, 15) is 0 Å². The SMILES string of the molecule is CCNC(c1ccc(C)cc1)c1cccc(C)c1Cl. The smallest absolute Gasteiger partial charge is 0.0591 e. The van der Waals surface area contributed by atoms with Crippen molar-refractivity contribution in [2.24, 2.45) is 0 Å². The maximum Gasteiger partial charge on any atom is 0.0591 e. The summed E-state index contributed by atoms with van der Waals surface area (Å²) >= 11 is 6.46. The van der Waals surface area contributed by atoms with Crippen LogP contribution in [0.4, 0.5) is 0 Å². The number of hydrogen-bond donors (Lipinski definition) is 1. The monoisotopic (exact) mass is 273 g/mol. The highest BCUT2D eigenvalue weighted by molar-refractivity contribution is 6.32. The van der Waals surface area contributed by atoms with Crippen LogP contribution >= 0.6 is 11.6 Å². The Balaban J connectivity index is 2.45. The molecule has 0 spiro atoms. The van der Waals surface area contributed by atoms with Crippen molar-refractivity contribution in [2.75, 3.05) is 6.54 Å². The molecule has 0 bridgehead atoms. The van der Waals surface area contributed by atoms with Crippen LogP contribution in [-0.2, 0) is 0 Å². The third kappa shape index (κ3) is 3.17. The van der Waals surface area contributed by atoms with Crippen LogP contribution in [0.2, 0.25) is 5.02 Å². The lowest BCUT2D eigenvalue weighted by Gasteiger charge is -2.21. The van der Waals surface area contributed by atoms with Gasteiger partial charge in [0, 0.05) is 5.02 Å². The summed E-state index contributed by atoms with van der Waals surface area (Å²) < 4.78 is 0. The predicted octanol–water partition coefficient (Wildman–Crippen LogP) is 4.66. The molecule has 0 aromatic heterocycles. The highest BCUT2D eigenvalue weighted by atomic mass is 35.5. The quantitative estimate of drug-likeness (QED) is 0.855. The molecule has 1 N–H and O–H groups in total. The Morgan fingerprint density at radius 1 is 1.05 bits per heavy atom. The number of aryl methyl sites for hydroxylation is 2. The number of nitrogens with one attached hydrogen (secondary N) is 1. The van der Waals surface area contributed by atoms with E-state index in [1.165, 1.54) is 11.1 Å². The number of rotatable bonds is 4. The van der Waals surface area contributed by atoms with Gasteiger partial charge in [0.05, 0.1) is 6.04 Å². The Morgan fingerprint density at radius 2 is 1.74 bits per heavy atom. The zero-order valence-electron chi connectivity index (χ0n) is 11.7. The molecule has 2 rings (SSSR count). The van der Waals surface area contributed by atoms with Crippen molar-refractivity contribution >= 4 is 11.6 Å². The summed E-state index contributed by atoms with van der Waals surface area (Å²) in [6.07, 6.45) is 0. The van der Waals surface area contributed by atoms with Gasteiger partial charge in [0.2, 0.25) is 0 Å². The Bertz CT molecular complexity index is 546. The Labute approximate surface area is 120 Å². The van der Waals surface area contributed by atoms with Crippen LogP contribution < -0.4 is 5.32 Å². The predicted molar refractivity (Wildman–Crippen MR) is 82.9 cm³/mol. The van der Waals surface area contributed by atoms with E-state index in [1.807, 2.05) is 13.0 Å². The first-order valence-electron chi connectivity index (χ1n) is 6.68. The van der Waals surface area contributed by atoms with Gasteiger partial charge in [-0.1, -0.05) is 66.6 Å². The molecule has 0 fully saturated rings. The van der Waals surface area contributed by atoms with Crippen molar-refractivity contribution in [3.05, 3.63) is 69.7 Å². The van der Waals surface area contributed by atoms with Crippen LogP contribution in [0.15, 0.2) is 42.5 Å². The molecule has 0 aliphatic carbocycles. The third-order valence-electron chi connectivity index (χ3n) is 3.35. The molecule has 100 valence electrons. The van der Waals surface area contributed by atoms with Gasteiger partial charge >= 0.3 is 0 Å². The molecule has 0 aliphatic rings. The van der Waals surface area contributed by atoms with Gasteiger partial charge < -0.3 is 5.32 Å². The Kier molecular flexibility index (Phi) is 4.62. The minimum Gasteiger partial charge on any atom is -0.306 e. The first-order chi connectivity index (χ1) is 9.13. The minimum absolute atomic E-state index is 0.151. The van der Waals surface area contributed by atoms with Gasteiger partial charge in [-0.3, -0.25) is 0 Å². The Hall–Kier alpha value is -1.31. The zero-order chi connectivity index (χ0) is 13.8. The molecular formula is C17H20ClN. The summed E-state index contributed by atoms with van der Waals surface area (Å²) in [7, 11) is 0. The highest BCUT2D eigenvalue weighted by Crippen LogP contribution is 2.30. The molecular weight excluding hydrogens is 254 g/mol. The van der Waals surface area contributed by atoms with E-state index in [2.05, 4.69) is 55.6 Å². The van der Waals surface area contributed by atoms with Gasteiger partial charge in [0.1, 0.15) is 0 Å². The van der Waals surface area contributed by atoms with Gasteiger partial charge in [0.15, 0.2) is 0 Å². The lowest BCUT2D eigenvalue weighted by Crippen LogP contribution is -2.22. The molecule has 2 heteroatoms. The molecule has 0 amide bonds. The first kappa shape index (κ1) is 14.1. The van der Waals surface area contributed by atoms with E-state index in [0.717, 1.165) is 22.7 Å². The van der Waals surface area contributed by atoms with E-state index in [4.69, 9.17) is 11.6 Å². The summed E-state index contributed by atoms with van der Waals surface area (Å²) in [6, 6.07) is 15.0. The summed E-state index contributed by atoms with van der Waals surface area (Å²) in [5.41, 5.74) is 4.79. The lowest BCUT2D eigenvalue weighted by molar-refractivity contribution is 0.630. The summed E-state index contributed by atoms with van der Waals surface area (Å²) in [6.45, 7) is 7.17. The maximum absolute atomic E-state index is 6.46. The zero-order valence-corrected chi connectivity index (χ0v) is 12.5. The second kappa shape index (κ2) is 6.23. The largest absolute Gasteiger partial charge is 0.306 e. The van der Waals surface area contributed by atoms with Gasteiger partial charge in [-0.25, -0.2) is 0 Å². The molecule has 0 saturated heterocycles. The van der Waals surface area contributed by atoms with Crippen molar-refractivity contribution in [1.82, 2.24) is 5.32 Å². The second-order valence-corrected chi connectivity index (χ2v) is 5.26. The molecule has 0 radical (unpaired) electrons. The average Bonchev–Trinajstić information content (AvgIpc) is 2.41. The van der Waals surface area contributed by atoms with Crippen molar-refractivity contribution in [3.63, 3.8) is 0 Å². The van der Waals surface area contributed by atoms with Crippen molar-refractivity contribution in [1.29, 1.82) is 0 Å². The molecule has 19 heavy (non-hydrogen) atoms. The molecule has 0 heterocycles. The summed E-state index contributed by atoms with van der Waals surface area (Å²) in [5, 5.41) is 4.37. The minimum atomic E-state index is 0.151. The molecule has 2 aromatic rings. The summed E-state index contributed by atoms with van der Waals surface area (Å²) in [5.74, 6) is 0. The third-order valence-corrected chi connectivity index (χ3v) is 3.87. The fraction of sp³-hybridized carbons (Fsp3) is 0.294. The molecule has 1 atom stereocenters. The topological polar surface area (TPSA) is 12.0 Å². The van der Waals surface area contributed by atoms with E-state index in [0.29, 0.717) is 0 Å². The molecule has 0 aliphatic heterocycles. The lowest BCUT2D eigenvalue weighted by atomic mass is 9.96.